The topological polar surface area (TPSA) is 78.1 Å². The molecule has 0 spiro atoms. The molecule has 2 N–H and O–H groups in total. The van der Waals surface area contributed by atoms with Crippen molar-refractivity contribution in [2.45, 2.75) is 13.0 Å². The van der Waals surface area contributed by atoms with Gasteiger partial charge >= 0.3 is 0 Å². The molecular formula is C14H16N4O2S. The molecule has 1 aromatic heterocycles. The van der Waals surface area contributed by atoms with Gasteiger partial charge in [0.1, 0.15) is 12.4 Å². The number of benzene rings is 1. The number of amides is 2. The molecule has 3 rings (SSSR count). The SMILES string of the molecule is CC(NC(=O)CN1CCSC1=O)c1nc2ccccc2[nH]1. The van der Waals surface area contributed by atoms with E-state index < -0.39 is 0 Å². The van der Waals surface area contributed by atoms with Gasteiger partial charge < -0.3 is 15.2 Å². The maximum absolute atomic E-state index is 12.0. The number of fused-ring (bicyclic) bond motifs is 1. The lowest BCUT2D eigenvalue weighted by Gasteiger charge is -2.16. The molecule has 0 bridgehead atoms. The van der Waals surface area contributed by atoms with E-state index in [4.69, 9.17) is 0 Å². The molecule has 7 heteroatoms. The number of nitrogens with one attached hydrogen (secondary N) is 2. The van der Waals surface area contributed by atoms with Crippen LogP contribution < -0.4 is 5.32 Å². The van der Waals surface area contributed by atoms with Crippen molar-refractivity contribution in [2.24, 2.45) is 0 Å². The van der Waals surface area contributed by atoms with Gasteiger partial charge in [0.05, 0.1) is 17.1 Å². The van der Waals surface area contributed by atoms with Crippen LogP contribution in [0.1, 0.15) is 18.8 Å². The Labute approximate surface area is 126 Å². The molecule has 1 aliphatic heterocycles. The zero-order valence-corrected chi connectivity index (χ0v) is 12.4. The molecule has 6 nitrogen and oxygen atoms in total. The second-order valence-electron chi connectivity index (χ2n) is 4.96. The molecule has 1 fully saturated rings. The molecule has 0 saturated carbocycles. The Hall–Kier alpha value is -2.02. The van der Waals surface area contributed by atoms with E-state index in [0.29, 0.717) is 12.4 Å². The highest BCUT2D eigenvalue weighted by molar-refractivity contribution is 8.13. The lowest BCUT2D eigenvalue weighted by Crippen LogP contribution is -2.38. The minimum absolute atomic E-state index is 0.0264. The van der Waals surface area contributed by atoms with Crippen molar-refractivity contribution < 1.29 is 9.59 Å². The lowest BCUT2D eigenvalue weighted by molar-refractivity contribution is -0.122. The van der Waals surface area contributed by atoms with E-state index in [1.165, 1.54) is 11.8 Å². The maximum atomic E-state index is 12.0. The zero-order chi connectivity index (χ0) is 14.8. The van der Waals surface area contributed by atoms with E-state index in [2.05, 4.69) is 15.3 Å². The van der Waals surface area contributed by atoms with Gasteiger partial charge in [-0.2, -0.15) is 0 Å². The first-order valence-corrected chi connectivity index (χ1v) is 7.78. The highest BCUT2D eigenvalue weighted by Gasteiger charge is 2.24. The Morgan fingerprint density at radius 2 is 2.33 bits per heavy atom. The Morgan fingerprint density at radius 3 is 3.05 bits per heavy atom. The number of nitrogens with zero attached hydrogens (tertiary/aromatic N) is 2. The highest BCUT2D eigenvalue weighted by atomic mass is 32.2. The Bertz CT molecular complexity index is 651. The normalized spacial score (nSPS) is 16.4. The van der Waals surface area contributed by atoms with Crippen LogP contribution >= 0.6 is 11.8 Å². The summed E-state index contributed by atoms with van der Waals surface area (Å²) >= 11 is 1.25. The molecule has 2 heterocycles. The molecule has 21 heavy (non-hydrogen) atoms. The van der Waals surface area contributed by atoms with Gasteiger partial charge in [-0.15, -0.1) is 0 Å². The van der Waals surface area contributed by atoms with Crippen LogP contribution in [-0.4, -0.2) is 44.9 Å². The number of aromatic nitrogens is 2. The third-order valence-electron chi connectivity index (χ3n) is 3.37. The number of imidazole rings is 1. The van der Waals surface area contributed by atoms with Crippen molar-refractivity contribution in [1.29, 1.82) is 0 Å². The van der Waals surface area contributed by atoms with Crippen molar-refractivity contribution in [1.82, 2.24) is 20.2 Å². The fraction of sp³-hybridized carbons (Fsp3) is 0.357. The van der Waals surface area contributed by atoms with Gasteiger partial charge in [0.25, 0.3) is 5.24 Å². The third kappa shape index (κ3) is 3.02. The van der Waals surface area contributed by atoms with Crippen molar-refractivity contribution in [2.75, 3.05) is 18.8 Å². The number of carbonyl (C=O) groups excluding carboxylic acids is 2. The quantitative estimate of drug-likeness (QED) is 0.904. The van der Waals surface area contributed by atoms with Crippen LogP contribution in [0.15, 0.2) is 24.3 Å². The first-order chi connectivity index (χ1) is 10.1. The van der Waals surface area contributed by atoms with Crippen LogP contribution in [0, 0.1) is 0 Å². The second-order valence-corrected chi connectivity index (χ2v) is 6.01. The minimum atomic E-state index is -0.227. The molecule has 1 unspecified atom stereocenters. The van der Waals surface area contributed by atoms with Gasteiger partial charge in [0, 0.05) is 12.3 Å². The van der Waals surface area contributed by atoms with E-state index >= 15 is 0 Å². The summed E-state index contributed by atoms with van der Waals surface area (Å²) in [7, 11) is 0. The van der Waals surface area contributed by atoms with Gasteiger partial charge in [0.2, 0.25) is 5.91 Å². The average molecular weight is 304 g/mol. The van der Waals surface area contributed by atoms with Crippen molar-refractivity contribution >= 4 is 33.9 Å². The summed E-state index contributed by atoms with van der Waals surface area (Å²) in [5, 5.41) is 2.84. The molecule has 2 aromatic rings. The van der Waals surface area contributed by atoms with Crippen molar-refractivity contribution in [3.8, 4) is 0 Å². The molecule has 110 valence electrons. The minimum Gasteiger partial charge on any atom is -0.345 e. The van der Waals surface area contributed by atoms with E-state index in [-0.39, 0.29) is 23.7 Å². The number of aromatic amines is 1. The number of carbonyl (C=O) groups is 2. The van der Waals surface area contributed by atoms with Gasteiger partial charge in [-0.25, -0.2) is 4.98 Å². The number of rotatable bonds is 4. The average Bonchev–Trinajstić information content (AvgIpc) is 3.05. The Balaban J connectivity index is 1.63. The van der Waals surface area contributed by atoms with Crippen LogP contribution in [-0.2, 0) is 4.79 Å². The van der Waals surface area contributed by atoms with Crippen LogP contribution in [0.2, 0.25) is 0 Å². The van der Waals surface area contributed by atoms with Crippen LogP contribution in [0.25, 0.3) is 11.0 Å². The van der Waals surface area contributed by atoms with E-state index in [9.17, 15) is 9.59 Å². The summed E-state index contributed by atoms with van der Waals surface area (Å²) in [5.41, 5.74) is 1.82. The Kier molecular flexibility index (Phi) is 3.83. The van der Waals surface area contributed by atoms with Gasteiger partial charge in [0.15, 0.2) is 0 Å². The van der Waals surface area contributed by atoms with Crippen molar-refractivity contribution in [3.63, 3.8) is 0 Å². The lowest BCUT2D eigenvalue weighted by atomic mass is 10.3. The number of para-hydroxylation sites is 2. The molecule has 1 atom stereocenters. The van der Waals surface area contributed by atoms with E-state index in [1.54, 1.807) is 4.90 Å². The van der Waals surface area contributed by atoms with Gasteiger partial charge in [-0.05, 0) is 19.1 Å². The molecule has 0 aliphatic carbocycles. The summed E-state index contributed by atoms with van der Waals surface area (Å²) in [4.78, 5) is 32.7. The van der Waals surface area contributed by atoms with Crippen LogP contribution in [0.5, 0.6) is 0 Å². The van der Waals surface area contributed by atoms with Crippen LogP contribution in [0.3, 0.4) is 0 Å². The van der Waals surface area contributed by atoms with E-state index in [1.807, 2.05) is 31.2 Å². The smallest absolute Gasteiger partial charge is 0.282 e. The summed E-state index contributed by atoms with van der Waals surface area (Å²) in [6, 6.07) is 7.50. The monoisotopic (exact) mass is 304 g/mol. The van der Waals surface area contributed by atoms with E-state index in [0.717, 1.165) is 16.8 Å². The fourth-order valence-electron chi connectivity index (χ4n) is 2.28. The largest absolute Gasteiger partial charge is 0.345 e. The summed E-state index contributed by atoms with van der Waals surface area (Å²) in [5.74, 6) is 1.30. The molecule has 1 saturated heterocycles. The van der Waals surface area contributed by atoms with Crippen molar-refractivity contribution in [3.05, 3.63) is 30.1 Å². The molecular weight excluding hydrogens is 288 g/mol. The highest BCUT2D eigenvalue weighted by Crippen LogP contribution is 2.17. The molecule has 1 aliphatic rings. The summed E-state index contributed by atoms with van der Waals surface area (Å²) in [6.45, 7) is 2.61. The summed E-state index contributed by atoms with van der Waals surface area (Å²) in [6.07, 6.45) is 0. The molecule has 1 aromatic carbocycles. The first kappa shape index (κ1) is 13.9. The van der Waals surface area contributed by atoms with Crippen LogP contribution in [0.4, 0.5) is 4.79 Å². The summed E-state index contributed by atoms with van der Waals surface area (Å²) < 4.78 is 0. The standard InChI is InChI=1S/C14H16N4O2S/c1-9(13-16-10-4-2-3-5-11(10)17-13)15-12(19)8-18-6-7-21-14(18)20/h2-5,9H,6-8H2,1H3,(H,15,19)(H,16,17). The molecule has 2 amide bonds. The predicted octanol–water partition coefficient (Wildman–Crippen LogP) is 1.91. The maximum Gasteiger partial charge on any atom is 0.282 e. The number of hydrogen-bond donors (Lipinski definition) is 2. The number of hydrogen-bond acceptors (Lipinski definition) is 4. The first-order valence-electron chi connectivity index (χ1n) is 6.79. The predicted molar refractivity (Wildman–Crippen MR) is 82.1 cm³/mol. The number of thioether (sulfide) groups is 1. The number of H-pyrrole nitrogens is 1. The molecule has 0 radical (unpaired) electrons. The van der Waals surface area contributed by atoms with Gasteiger partial charge in [-0.1, -0.05) is 23.9 Å². The van der Waals surface area contributed by atoms with Gasteiger partial charge in [-0.3, -0.25) is 9.59 Å². The fourth-order valence-corrected chi connectivity index (χ4v) is 3.10. The second kappa shape index (κ2) is 5.77. The zero-order valence-electron chi connectivity index (χ0n) is 11.6. The Morgan fingerprint density at radius 1 is 1.52 bits per heavy atom. The third-order valence-corrected chi connectivity index (χ3v) is 4.27.